The van der Waals surface area contributed by atoms with Crippen LogP contribution in [-0.2, 0) is 0 Å². The quantitative estimate of drug-likeness (QED) is 0.184. The molecular weight excluding hydrogens is 671 g/mol. The van der Waals surface area contributed by atoms with E-state index >= 15 is 0 Å². The summed E-state index contributed by atoms with van der Waals surface area (Å²) in [7, 11) is 0. The Kier molecular flexibility index (Phi) is 6.61. The molecule has 0 fully saturated rings. The van der Waals surface area contributed by atoms with Crippen molar-refractivity contribution in [2.45, 2.75) is 0 Å². The number of fused-ring (bicyclic) bond motifs is 9. The normalized spacial score (nSPS) is 11.6. The molecule has 55 heavy (non-hydrogen) atoms. The number of hydrogen-bond acceptors (Lipinski definition) is 2. The lowest BCUT2D eigenvalue weighted by atomic mass is 9.98. The van der Waals surface area contributed by atoms with Gasteiger partial charge in [0.1, 0.15) is 6.07 Å². The van der Waals surface area contributed by atoms with Gasteiger partial charge in [0.05, 0.1) is 56.0 Å². The Morgan fingerprint density at radius 2 is 0.818 bits per heavy atom. The summed E-state index contributed by atoms with van der Waals surface area (Å²) in [6.45, 7) is 0. The summed E-state index contributed by atoms with van der Waals surface area (Å²) in [5.74, 6) is 0. The van der Waals surface area contributed by atoms with Gasteiger partial charge in [0.25, 0.3) is 0 Å². The number of nitrogens with zero attached hydrogens (tertiary/aromatic N) is 5. The number of rotatable bonds is 4. The zero-order valence-electron chi connectivity index (χ0n) is 29.5. The van der Waals surface area contributed by atoms with Gasteiger partial charge >= 0.3 is 0 Å². The van der Waals surface area contributed by atoms with E-state index < -0.39 is 0 Å². The fraction of sp³-hybridized carbons (Fsp3) is 0. The lowest BCUT2D eigenvalue weighted by Gasteiger charge is -2.14. The van der Waals surface area contributed by atoms with Crippen LogP contribution in [0.15, 0.2) is 176 Å². The minimum Gasteiger partial charge on any atom is -0.309 e. The average Bonchev–Trinajstić information content (AvgIpc) is 3.88. The molecule has 0 N–H and O–H groups in total. The van der Waals surface area contributed by atoms with Crippen molar-refractivity contribution < 1.29 is 0 Å². The molecule has 11 aromatic rings. The first-order valence-electron chi connectivity index (χ1n) is 18.3. The highest BCUT2D eigenvalue weighted by Gasteiger charge is 2.19. The number of benzene rings is 8. The maximum atomic E-state index is 10.7. The first kappa shape index (κ1) is 30.7. The summed E-state index contributed by atoms with van der Waals surface area (Å²) >= 11 is 0. The fourth-order valence-corrected chi connectivity index (χ4v) is 8.76. The molecule has 0 saturated carbocycles. The van der Waals surface area contributed by atoms with Crippen LogP contribution < -0.4 is 0 Å². The molecule has 3 aromatic heterocycles. The van der Waals surface area contributed by atoms with Crippen LogP contribution in [-0.4, -0.2) is 13.7 Å². The van der Waals surface area contributed by atoms with Crippen molar-refractivity contribution in [3.63, 3.8) is 0 Å². The molecule has 0 amide bonds. The largest absolute Gasteiger partial charge is 0.309 e. The first-order chi connectivity index (χ1) is 27.2. The highest BCUT2D eigenvalue weighted by atomic mass is 15.0. The van der Waals surface area contributed by atoms with Crippen LogP contribution in [0.1, 0.15) is 11.1 Å². The molecule has 0 aliphatic heterocycles. The molecule has 0 bridgehead atoms. The van der Waals surface area contributed by atoms with Crippen LogP contribution in [0.2, 0.25) is 0 Å². The predicted octanol–water partition coefficient (Wildman–Crippen LogP) is 12.4. The summed E-state index contributed by atoms with van der Waals surface area (Å²) in [6, 6.07) is 66.0. The van der Waals surface area contributed by atoms with Crippen molar-refractivity contribution in [3.8, 4) is 40.3 Å². The fourth-order valence-electron chi connectivity index (χ4n) is 8.76. The molecule has 11 rings (SSSR count). The summed E-state index contributed by atoms with van der Waals surface area (Å²) in [5, 5.41) is 27.3. The summed E-state index contributed by atoms with van der Waals surface area (Å²) < 4.78 is 6.85. The van der Waals surface area contributed by atoms with Gasteiger partial charge in [0.2, 0.25) is 0 Å². The van der Waals surface area contributed by atoms with Crippen molar-refractivity contribution in [1.82, 2.24) is 13.7 Å². The molecule has 0 spiro atoms. The standard InChI is InChI=1S/C50H29N5/c51-30-32-20-26-50-41(28-32)39-12-4-8-18-47(39)55(50)48-19-9-14-36(43(48)31-52)33-21-23-34(24-22-33)53-46-17-7-3-13-40(46)42-29-35(25-27-49(42)53)54-44-15-5-1-10-37(44)38-11-2-6-16-45(38)54/h1-29H. The van der Waals surface area contributed by atoms with Crippen LogP contribution in [0, 0.1) is 22.7 Å². The molecule has 3 heterocycles. The van der Waals surface area contributed by atoms with Gasteiger partial charge in [-0.3, -0.25) is 0 Å². The highest BCUT2D eigenvalue weighted by molar-refractivity contribution is 6.13. The van der Waals surface area contributed by atoms with Gasteiger partial charge in [-0.2, -0.15) is 10.5 Å². The molecule has 8 aromatic carbocycles. The van der Waals surface area contributed by atoms with E-state index in [-0.39, 0.29) is 0 Å². The smallest absolute Gasteiger partial charge is 0.102 e. The molecule has 0 unspecified atom stereocenters. The van der Waals surface area contributed by atoms with E-state index in [0.29, 0.717) is 11.1 Å². The van der Waals surface area contributed by atoms with Gasteiger partial charge in [-0.05, 0) is 84.4 Å². The van der Waals surface area contributed by atoms with Gasteiger partial charge in [0.15, 0.2) is 0 Å². The first-order valence-corrected chi connectivity index (χ1v) is 18.3. The third kappa shape index (κ3) is 4.45. The summed E-state index contributed by atoms with van der Waals surface area (Å²) in [5.41, 5.74) is 12.6. The molecule has 254 valence electrons. The van der Waals surface area contributed by atoms with Gasteiger partial charge in [-0.1, -0.05) is 97.1 Å². The molecule has 0 aliphatic rings. The van der Waals surface area contributed by atoms with E-state index in [4.69, 9.17) is 0 Å². The second kappa shape index (κ2) is 11.8. The van der Waals surface area contributed by atoms with Crippen molar-refractivity contribution in [2.75, 3.05) is 0 Å². The Labute approximate surface area is 316 Å². The third-order valence-corrected chi connectivity index (χ3v) is 11.1. The molecule has 5 nitrogen and oxygen atoms in total. The molecule has 0 radical (unpaired) electrons. The Hall–Kier alpha value is -7.86. The number of nitriles is 2. The maximum absolute atomic E-state index is 10.7. The monoisotopic (exact) mass is 699 g/mol. The topological polar surface area (TPSA) is 62.4 Å². The SMILES string of the molecule is N#Cc1ccc2c(c1)c1ccccc1n2-c1cccc(-c2ccc(-n3c4ccccc4c4cc(-n5c6ccccc6c6ccccc65)ccc43)cc2)c1C#N. The summed E-state index contributed by atoms with van der Waals surface area (Å²) in [6.07, 6.45) is 0. The maximum Gasteiger partial charge on any atom is 0.102 e. The van der Waals surface area contributed by atoms with E-state index in [2.05, 4.69) is 153 Å². The molecule has 0 saturated heterocycles. The Morgan fingerprint density at radius 3 is 1.42 bits per heavy atom. The predicted molar refractivity (Wildman–Crippen MR) is 224 cm³/mol. The van der Waals surface area contributed by atoms with Crippen LogP contribution in [0.5, 0.6) is 0 Å². The van der Waals surface area contributed by atoms with E-state index in [1.165, 1.54) is 32.6 Å². The van der Waals surface area contributed by atoms with Crippen LogP contribution in [0.3, 0.4) is 0 Å². The summed E-state index contributed by atoms with van der Waals surface area (Å²) in [4.78, 5) is 0. The lowest BCUT2D eigenvalue weighted by molar-refractivity contribution is 1.16. The average molecular weight is 700 g/mol. The Balaban J connectivity index is 1.05. The van der Waals surface area contributed by atoms with Crippen LogP contribution >= 0.6 is 0 Å². The molecule has 0 aliphatic carbocycles. The van der Waals surface area contributed by atoms with Crippen molar-refractivity contribution in [2.24, 2.45) is 0 Å². The van der Waals surface area contributed by atoms with E-state index in [1.54, 1.807) is 0 Å². The van der Waals surface area contributed by atoms with Gasteiger partial charge in [0, 0.05) is 49.3 Å². The highest BCUT2D eigenvalue weighted by Crippen LogP contribution is 2.39. The van der Waals surface area contributed by atoms with Crippen LogP contribution in [0.25, 0.3) is 93.6 Å². The second-order valence-corrected chi connectivity index (χ2v) is 14.0. The van der Waals surface area contributed by atoms with Crippen molar-refractivity contribution >= 4 is 65.4 Å². The van der Waals surface area contributed by atoms with Gasteiger partial charge in [-0.15, -0.1) is 0 Å². The lowest BCUT2D eigenvalue weighted by Crippen LogP contribution is -2.00. The number of para-hydroxylation sites is 4. The van der Waals surface area contributed by atoms with E-state index in [9.17, 15) is 10.5 Å². The zero-order valence-corrected chi connectivity index (χ0v) is 29.5. The minimum atomic E-state index is 0.594. The van der Waals surface area contributed by atoms with Gasteiger partial charge < -0.3 is 13.7 Å². The Bertz CT molecular complexity index is 3400. The molecule has 5 heteroatoms. The minimum absolute atomic E-state index is 0.594. The van der Waals surface area contributed by atoms with E-state index in [1.807, 2.05) is 48.5 Å². The zero-order chi connectivity index (χ0) is 36.6. The Morgan fingerprint density at radius 1 is 0.345 bits per heavy atom. The van der Waals surface area contributed by atoms with Crippen molar-refractivity contribution in [1.29, 1.82) is 10.5 Å². The third-order valence-electron chi connectivity index (χ3n) is 11.1. The van der Waals surface area contributed by atoms with Gasteiger partial charge in [-0.25, -0.2) is 0 Å². The molecular formula is C50H29N5. The number of hydrogen-bond donors (Lipinski definition) is 0. The van der Waals surface area contributed by atoms with Crippen molar-refractivity contribution in [3.05, 3.63) is 187 Å². The van der Waals surface area contributed by atoms with Crippen LogP contribution in [0.4, 0.5) is 0 Å². The van der Waals surface area contributed by atoms with E-state index in [0.717, 1.165) is 61.0 Å². The molecule has 0 atom stereocenters. The second-order valence-electron chi connectivity index (χ2n) is 14.0. The number of aromatic nitrogens is 3.